The minimum atomic E-state index is -3.18. The van der Waals surface area contributed by atoms with Crippen molar-refractivity contribution in [1.29, 1.82) is 0 Å². The Hall–Kier alpha value is -1.83. The highest BCUT2D eigenvalue weighted by atomic mass is 32.2. The third-order valence-corrected chi connectivity index (χ3v) is 6.56. The van der Waals surface area contributed by atoms with Crippen molar-refractivity contribution >= 4 is 10.0 Å². The smallest absolute Gasteiger partial charge is 0.214 e. The lowest BCUT2D eigenvalue weighted by Crippen LogP contribution is -2.61. The molecule has 0 N–H and O–H groups in total. The van der Waals surface area contributed by atoms with Gasteiger partial charge in [-0.05, 0) is 6.42 Å². The van der Waals surface area contributed by atoms with Crippen molar-refractivity contribution in [3.63, 3.8) is 0 Å². The van der Waals surface area contributed by atoms with Crippen molar-refractivity contribution in [2.45, 2.75) is 25.6 Å². The van der Waals surface area contributed by atoms with Gasteiger partial charge in [0.2, 0.25) is 10.0 Å². The first-order chi connectivity index (χ1) is 11.5. The van der Waals surface area contributed by atoms with E-state index in [4.69, 9.17) is 4.74 Å². The summed E-state index contributed by atoms with van der Waals surface area (Å²) in [6, 6.07) is 9.79. The summed E-state index contributed by atoms with van der Waals surface area (Å²) in [6.07, 6.45) is 2.41. The lowest BCUT2D eigenvalue weighted by atomic mass is 9.90. The summed E-state index contributed by atoms with van der Waals surface area (Å²) >= 11 is 0. The van der Waals surface area contributed by atoms with Crippen LogP contribution in [0, 0.1) is 0 Å². The molecular weight excluding hydrogens is 326 g/mol. The van der Waals surface area contributed by atoms with Gasteiger partial charge in [0.1, 0.15) is 5.60 Å². The molecule has 0 atom stereocenters. The zero-order chi connectivity index (χ0) is 16.8. The summed E-state index contributed by atoms with van der Waals surface area (Å²) in [7, 11) is -3.18. The Morgan fingerprint density at radius 1 is 1.25 bits per heavy atom. The van der Waals surface area contributed by atoms with Gasteiger partial charge in [-0.15, -0.1) is 0 Å². The molecular formula is C17H19N3O3S. The number of ether oxygens (including phenoxy) is 1. The predicted octanol–water partition coefficient (Wildman–Crippen LogP) is 1.92. The molecule has 1 fully saturated rings. The van der Waals surface area contributed by atoms with E-state index in [1.165, 1.54) is 4.31 Å². The molecule has 2 aliphatic heterocycles. The lowest BCUT2D eigenvalue weighted by Gasteiger charge is -2.46. The monoisotopic (exact) mass is 345 g/mol. The van der Waals surface area contributed by atoms with Crippen molar-refractivity contribution in [1.82, 2.24) is 14.3 Å². The van der Waals surface area contributed by atoms with Crippen LogP contribution >= 0.6 is 0 Å². The molecule has 0 aliphatic carbocycles. The van der Waals surface area contributed by atoms with Crippen LogP contribution in [0.1, 0.15) is 24.6 Å². The summed E-state index contributed by atoms with van der Waals surface area (Å²) in [6.45, 7) is 2.99. The Bertz CT molecular complexity index is 862. The number of fused-ring (bicyclic) bond motifs is 2. The summed E-state index contributed by atoms with van der Waals surface area (Å²) < 4.78 is 31.7. The predicted molar refractivity (Wildman–Crippen MR) is 89.6 cm³/mol. The standard InChI is InChI=1S/C17H19N3O3S/c1-2-8-24(21,22)20-11-17(12-20)14-9-18-16(19-15(14)10-23-17)13-6-4-3-5-7-13/h3-7,9H,2,8,10-12H2,1H3. The Morgan fingerprint density at radius 2 is 2.00 bits per heavy atom. The van der Waals surface area contributed by atoms with Crippen LogP contribution in [0.15, 0.2) is 36.5 Å². The number of hydrogen-bond donors (Lipinski definition) is 0. The van der Waals surface area contributed by atoms with Gasteiger partial charge in [-0.25, -0.2) is 18.4 Å². The van der Waals surface area contributed by atoms with Gasteiger partial charge in [-0.3, -0.25) is 0 Å². The van der Waals surface area contributed by atoms with Gasteiger partial charge in [0, 0.05) is 30.4 Å². The third-order valence-electron chi connectivity index (χ3n) is 4.59. The number of benzene rings is 1. The van der Waals surface area contributed by atoms with Gasteiger partial charge < -0.3 is 4.74 Å². The summed E-state index contributed by atoms with van der Waals surface area (Å²) in [5.41, 5.74) is 2.18. The molecule has 0 amide bonds. The quantitative estimate of drug-likeness (QED) is 0.846. The average molecular weight is 345 g/mol. The van der Waals surface area contributed by atoms with Gasteiger partial charge in [0.05, 0.1) is 18.1 Å². The van der Waals surface area contributed by atoms with Crippen molar-refractivity contribution in [2.75, 3.05) is 18.8 Å². The Labute approximate surface area is 141 Å². The maximum Gasteiger partial charge on any atom is 0.214 e. The van der Waals surface area contributed by atoms with Gasteiger partial charge >= 0.3 is 0 Å². The van der Waals surface area contributed by atoms with E-state index in [1.807, 2.05) is 37.3 Å². The molecule has 7 heteroatoms. The fourth-order valence-corrected chi connectivity index (χ4v) is 4.87. The Kier molecular flexibility index (Phi) is 3.67. The number of aromatic nitrogens is 2. The highest BCUT2D eigenvalue weighted by molar-refractivity contribution is 7.89. The first-order valence-corrected chi connectivity index (χ1v) is 9.69. The van der Waals surface area contributed by atoms with Crippen molar-refractivity contribution < 1.29 is 13.2 Å². The summed E-state index contributed by atoms with van der Waals surface area (Å²) in [4.78, 5) is 9.08. The number of hydrogen-bond acceptors (Lipinski definition) is 5. The molecule has 2 aromatic rings. The van der Waals surface area contributed by atoms with Crippen LogP contribution in [-0.4, -0.2) is 41.5 Å². The van der Waals surface area contributed by atoms with Crippen LogP contribution in [0.2, 0.25) is 0 Å². The number of rotatable bonds is 4. The molecule has 0 bridgehead atoms. The molecule has 3 heterocycles. The van der Waals surface area contributed by atoms with Crippen LogP contribution in [0.3, 0.4) is 0 Å². The van der Waals surface area contributed by atoms with Crippen LogP contribution in [0.5, 0.6) is 0 Å². The number of nitrogens with zero attached hydrogens (tertiary/aromatic N) is 3. The Morgan fingerprint density at radius 3 is 2.71 bits per heavy atom. The Balaban J connectivity index is 1.59. The lowest BCUT2D eigenvalue weighted by molar-refractivity contribution is -0.112. The van der Waals surface area contributed by atoms with Gasteiger partial charge in [-0.1, -0.05) is 37.3 Å². The third kappa shape index (κ3) is 2.44. The van der Waals surface area contributed by atoms with Crippen LogP contribution in [0.4, 0.5) is 0 Å². The molecule has 0 radical (unpaired) electrons. The summed E-state index contributed by atoms with van der Waals surface area (Å²) in [5, 5.41) is 0. The van der Waals surface area contributed by atoms with E-state index < -0.39 is 15.6 Å². The highest BCUT2D eigenvalue weighted by Gasteiger charge is 2.54. The first-order valence-electron chi connectivity index (χ1n) is 8.08. The minimum absolute atomic E-state index is 0.180. The minimum Gasteiger partial charge on any atom is -0.361 e. The van der Waals surface area contributed by atoms with E-state index in [0.29, 0.717) is 31.9 Å². The molecule has 0 saturated carbocycles. The van der Waals surface area contributed by atoms with E-state index in [9.17, 15) is 8.42 Å². The molecule has 6 nitrogen and oxygen atoms in total. The maximum absolute atomic E-state index is 12.1. The molecule has 1 saturated heterocycles. The number of sulfonamides is 1. The van der Waals surface area contributed by atoms with Crippen LogP contribution in [0.25, 0.3) is 11.4 Å². The second-order valence-electron chi connectivity index (χ2n) is 6.29. The maximum atomic E-state index is 12.1. The van der Waals surface area contributed by atoms with Crippen molar-refractivity contribution in [3.05, 3.63) is 47.8 Å². The van der Waals surface area contributed by atoms with Gasteiger partial charge in [0.15, 0.2) is 5.82 Å². The largest absolute Gasteiger partial charge is 0.361 e. The van der Waals surface area contributed by atoms with Crippen molar-refractivity contribution in [2.24, 2.45) is 0 Å². The van der Waals surface area contributed by atoms with E-state index >= 15 is 0 Å². The second kappa shape index (κ2) is 5.61. The molecule has 1 spiro atoms. The molecule has 0 unspecified atom stereocenters. The van der Waals surface area contributed by atoms with Gasteiger partial charge in [0.25, 0.3) is 0 Å². The van der Waals surface area contributed by atoms with E-state index in [0.717, 1.165) is 16.8 Å². The molecule has 1 aromatic heterocycles. The van der Waals surface area contributed by atoms with Crippen LogP contribution in [-0.2, 0) is 27.0 Å². The SMILES string of the molecule is CCCS(=O)(=O)N1CC2(C1)OCc1nc(-c3ccccc3)ncc12. The van der Waals surface area contributed by atoms with Crippen molar-refractivity contribution in [3.8, 4) is 11.4 Å². The van der Waals surface area contributed by atoms with Crippen LogP contribution < -0.4 is 0 Å². The highest BCUT2D eigenvalue weighted by Crippen LogP contribution is 2.44. The molecule has 1 aromatic carbocycles. The van der Waals surface area contributed by atoms with E-state index in [1.54, 1.807) is 6.20 Å². The normalized spacial score (nSPS) is 19.2. The zero-order valence-electron chi connectivity index (χ0n) is 13.5. The van der Waals surface area contributed by atoms with E-state index in [2.05, 4.69) is 9.97 Å². The average Bonchev–Trinajstić information content (AvgIpc) is 2.93. The fraction of sp³-hybridized carbons (Fsp3) is 0.412. The molecule has 2 aliphatic rings. The molecule has 24 heavy (non-hydrogen) atoms. The zero-order valence-corrected chi connectivity index (χ0v) is 14.3. The molecule has 4 rings (SSSR count). The first kappa shape index (κ1) is 15.7. The van der Waals surface area contributed by atoms with Gasteiger partial charge in [-0.2, -0.15) is 4.31 Å². The summed E-state index contributed by atoms with van der Waals surface area (Å²) in [5.74, 6) is 0.851. The van der Waals surface area contributed by atoms with E-state index in [-0.39, 0.29) is 5.75 Å². The topological polar surface area (TPSA) is 72.4 Å². The fourth-order valence-electron chi connectivity index (χ4n) is 3.29. The second-order valence-corrected chi connectivity index (χ2v) is 8.38. The molecule has 126 valence electrons.